The molecule has 0 saturated carbocycles. The standard InChI is InChI=1S/C22H17ClFN5O3/c23-14-2-3-15(17(24)10-14)13-1-4-18-16(9-13)21(31)29-8-7-27(11-19(29)20(30)26-18)22(32)28-6-5-25-12-28/h1-6,9-10,12,19H,7-8,11H2,(H,26,30). The van der Waals surface area contributed by atoms with Crippen molar-refractivity contribution in [1.29, 1.82) is 0 Å². The summed E-state index contributed by atoms with van der Waals surface area (Å²) in [5.74, 6) is -1.24. The van der Waals surface area contributed by atoms with Gasteiger partial charge in [0.05, 0.1) is 17.8 Å². The quantitative estimate of drug-likeness (QED) is 0.613. The second-order valence-corrected chi connectivity index (χ2v) is 8.02. The summed E-state index contributed by atoms with van der Waals surface area (Å²) in [5, 5.41) is 3.05. The monoisotopic (exact) mass is 453 g/mol. The molecule has 32 heavy (non-hydrogen) atoms. The number of carbonyl (C=O) groups is 3. The molecule has 1 atom stereocenters. The van der Waals surface area contributed by atoms with E-state index in [4.69, 9.17) is 11.6 Å². The Morgan fingerprint density at radius 2 is 1.97 bits per heavy atom. The van der Waals surface area contributed by atoms with Gasteiger partial charge in [0.2, 0.25) is 5.91 Å². The minimum absolute atomic E-state index is 0.0568. The molecule has 0 spiro atoms. The van der Waals surface area contributed by atoms with Crippen LogP contribution in [0.3, 0.4) is 0 Å². The Morgan fingerprint density at radius 3 is 2.72 bits per heavy atom. The van der Waals surface area contributed by atoms with Gasteiger partial charge in [0.25, 0.3) is 5.91 Å². The van der Waals surface area contributed by atoms with Crippen molar-refractivity contribution < 1.29 is 18.8 Å². The SMILES string of the molecule is O=C1Nc2ccc(-c3ccc(Cl)cc3F)cc2C(=O)N2CCN(C(=O)n3ccnc3)CC12. The highest BCUT2D eigenvalue weighted by molar-refractivity contribution is 6.30. The summed E-state index contributed by atoms with van der Waals surface area (Å²) < 4.78 is 15.7. The summed E-state index contributed by atoms with van der Waals surface area (Å²) in [6, 6.07) is 7.95. The number of nitrogens with one attached hydrogen (secondary N) is 1. The van der Waals surface area contributed by atoms with Gasteiger partial charge in [-0.25, -0.2) is 14.2 Å². The molecule has 2 aromatic carbocycles. The Balaban J connectivity index is 1.46. The smallest absolute Gasteiger partial charge is 0.323 e. The van der Waals surface area contributed by atoms with Crippen LogP contribution >= 0.6 is 11.6 Å². The van der Waals surface area contributed by atoms with E-state index < -0.39 is 11.9 Å². The molecule has 8 nitrogen and oxygen atoms in total. The number of rotatable bonds is 1. The third kappa shape index (κ3) is 3.40. The Labute approximate surface area is 187 Å². The van der Waals surface area contributed by atoms with Gasteiger partial charge in [-0.15, -0.1) is 0 Å². The number of fused-ring (bicyclic) bond motifs is 2. The predicted octanol–water partition coefficient (Wildman–Crippen LogP) is 3.09. The van der Waals surface area contributed by atoms with Crippen LogP contribution in [0.15, 0.2) is 55.1 Å². The van der Waals surface area contributed by atoms with Gasteiger partial charge in [-0.05, 0) is 35.9 Å². The van der Waals surface area contributed by atoms with Crippen molar-refractivity contribution in [1.82, 2.24) is 19.4 Å². The first kappa shape index (κ1) is 20.2. The lowest BCUT2D eigenvalue weighted by atomic mass is 10.0. The fourth-order valence-electron chi connectivity index (χ4n) is 4.05. The van der Waals surface area contributed by atoms with E-state index in [0.717, 1.165) is 0 Å². The van der Waals surface area contributed by atoms with E-state index in [0.29, 0.717) is 16.8 Å². The van der Waals surface area contributed by atoms with E-state index in [9.17, 15) is 18.8 Å². The average molecular weight is 454 g/mol. The summed E-state index contributed by atoms with van der Waals surface area (Å²) in [5.41, 5.74) is 1.41. The lowest BCUT2D eigenvalue weighted by Crippen LogP contribution is -2.60. The number of halogens is 2. The van der Waals surface area contributed by atoms with Gasteiger partial charge >= 0.3 is 6.03 Å². The molecule has 1 unspecified atom stereocenters. The minimum atomic E-state index is -0.841. The first-order valence-electron chi connectivity index (χ1n) is 9.91. The second-order valence-electron chi connectivity index (χ2n) is 7.59. The van der Waals surface area contributed by atoms with E-state index in [1.54, 1.807) is 30.3 Å². The van der Waals surface area contributed by atoms with Gasteiger partial charge in [0.1, 0.15) is 18.2 Å². The Kier molecular flexibility index (Phi) is 4.90. The topological polar surface area (TPSA) is 87.5 Å². The Hall–Kier alpha value is -3.72. The van der Waals surface area contributed by atoms with Crippen molar-refractivity contribution in [3.05, 3.63) is 71.5 Å². The van der Waals surface area contributed by atoms with Crippen LogP contribution in [-0.4, -0.2) is 62.9 Å². The maximum Gasteiger partial charge on any atom is 0.329 e. The molecular formula is C22H17ClFN5O3. The molecule has 1 fully saturated rings. The van der Waals surface area contributed by atoms with Gasteiger partial charge in [-0.2, -0.15) is 0 Å². The van der Waals surface area contributed by atoms with Crippen molar-refractivity contribution in [3.63, 3.8) is 0 Å². The Morgan fingerprint density at radius 1 is 1.12 bits per heavy atom. The molecular weight excluding hydrogens is 437 g/mol. The van der Waals surface area contributed by atoms with Crippen LogP contribution < -0.4 is 5.32 Å². The van der Waals surface area contributed by atoms with Crippen molar-refractivity contribution in [2.24, 2.45) is 0 Å². The van der Waals surface area contributed by atoms with E-state index >= 15 is 0 Å². The summed E-state index contributed by atoms with van der Waals surface area (Å²) in [4.78, 5) is 45.8. The zero-order valence-corrected chi connectivity index (χ0v) is 17.4. The number of imidazole rings is 1. The fourth-order valence-corrected chi connectivity index (χ4v) is 4.21. The number of piperazine rings is 1. The zero-order valence-electron chi connectivity index (χ0n) is 16.7. The lowest BCUT2D eigenvalue weighted by Gasteiger charge is -2.39. The Bertz CT molecular complexity index is 1250. The normalized spacial score (nSPS) is 18.0. The molecule has 1 N–H and O–H groups in total. The van der Waals surface area contributed by atoms with Gasteiger partial charge in [-0.1, -0.05) is 17.7 Å². The van der Waals surface area contributed by atoms with E-state index in [1.807, 2.05) is 0 Å². The van der Waals surface area contributed by atoms with E-state index in [-0.39, 0.29) is 48.1 Å². The summed E-state index contributed by atoms with van der Waals surface area (Å²) in [6.45, 7) is 0.519. The van der Waals surface area contributed by atoms with Crippen molar-refractivity contribution in [3.8, 4) is 11.1 Å². The third-order valence-electron chi connectivity index (χ3n) is 5.69. The molecule has 3 heterocycles. The maximum atomic E-state index is 14.4. The second kappa shape index (κ2) is 7.76. The molecule has 0 radical (unpaired) electrons. The molecule has 3 amide bonds. The van der Waals surface area contributed by atoms with Crippen LogP contribution in [-0.2, 0) is 4.79 Å². The number of hydrogen-bond acceptors (Lipinski definition) is 4. The summed E-state index contributed by atoms with van der Waals surface area (Å²) in [7, 11) is 0. The molecule has 1 saturated heterocycles. The van der Waals surface area contributed by atoms with E-state index in [1.165, 1.54) is 39.2 Å². The van der Waals surface area contributed by atoms with Crippen LogP contribution in [0.1, 0.15) is 10.4 Å². The van der Waals surface area contributed by atoms with Crippen molar-refractivity contribution in [2.45, 2.75) is 6.04 Å². The number of carbonyl (C=O) groups excluding carboxylic acids is 3. The maximum absolute atomic E-state index is 14.4. The van der Waals surface area contributed by atoms with Crippen LogP contribution in [0.5, 0.6) is 0 Å². The highest BCUT2D eigenvalue weighted by Crippen LogP contribution is 2.32. The molecule has 2 aliphatic rings. The average Bonchev–Trinajstić information content (AvgIpc) is 3.30. The summed E-state index contributed by atoms with van der Waals surface area (Å²) in [6.07, 6.45) is 4.41. The number of nitrogens with zero attached hydrogens (tertiary/aromatic N) is 4. The molecule has 162 valence electrons. The summed E-state index contributed by atoms with van der Waals surface area (Å²) >= 11 is 5.84. The minimum Gasteiger partial charge on any atom is -0.323 e. The van der Waals surface area contributed by atoms with Gasteiger partial charge in [-0.3, -0.25) is 14.2 Å². The highest BCUT2D eigenvalue weighted by atomic mass is 35.5. The first-order valence-corrected chi connectivity index (χ1v) is 10.3. The van der Waals surface area contributed by atoms with Crippen LogP contribution in [0, 0.1) is 5.82 Å². The van der Waals surface area contributed by atoms with Crippen LogP contribution in [0.4, 0.5) is 14.9 Å². The number of benzene rings is 2. The van der Waals surface area contributed by atoms with Gasteiger partial charge in [0.15, 0.2) is 0 Å². The van der Waals surface area contributed by atoms with Crippen LogP contribution in [0.25, 0.3) is 11.1 Å². The molecule has 1 aromatic heterocycles. The lowest BCUT2D eigenvalue weighted by molar-refractivity contribution is -0.121. The number of aromatic nitrogens is 2. The zero-order chi connectivity index (χ0) is 22.4. The predicted molar refractivity (Wildman–Crippen MR) is 115 cm³/mol. The molecule has 5 rings (SSSR count). The van der Waals surface area contributed by atoms with Gasteiger partial charge in [0, 0.05) is 36.1 Å². The molecule has 3 aromatic rings. The molecule has 10 heteroatoms. The highest BCUT2D eigenvalue weighted by Gasteiger charge is 2.40. The van der Waals surface area contributed by atoms with Crippen LogP contribution in [0.2, 0.25) is 5.02 Å². The largest absolute Gasteiger partial charge is 0.329 e. The molecule has 0 bridgehead atoms. The van der Waals surface area contributed by atoms with Crippen molar-refractivity contribution in [2.75, 3.05) is 25.0 Å². The molecule has 2 aliphatic heterocycles. The van der Waals surface area contributed by atoms with Gasteiger partial charge < -0.3 is 15.1 Å². The number of amides is 3. The third-order valence-corrected chi connectivity index (χ3v) is 5.92. The first-order chi connectivity index (χ1) is 15.4. The fraction of sp³-hybridized carbons (Fsp3) is 0.182. The van der Waals surface area contributed by atoms with Crippen molar-refractivity contribution >= 4 is 35.1 Å². The number of hydrogen-bond donors (Lipinski definition) is 1. The van der Waals surface area contributed by atoms with E-state index in [2.05, 4.69) is 10.3 Å². The molecule has 0 aliphatic carbocycles. The number of anilines is 1.